The van der Waals surface area contributed by atoms with Crippen molar-refractivity contribution in [2.24, 2.45) is 5.41 Å². The Kier molecular flexibility index (Phi) is 7.39. The van der Waals surface area contributed by atoms with Gasteiger partial charge < -0.3 is 5.32 Å². The summed E-state index contributed by atoms with van der Waals surface area (Å²) in [6.07, 6.45) is 11.2. The Hall–Kier alpha value is -3.98. The first-order chi connectivity index (χ1) is 20.2. The molecule has 1 aliphatic carbocycles. The highest BCUT2D eigenvalue weighted by atomic mass is 127. The van der Waals surface area contributed by atoms with Gasteiger partial charge in [-0.1, -0.05) is 38.1 Å². The first-order valence-electron chi connectivity index (χ1n) is 13.9. The van der Waals surface area contributed by atoms with Crippen LogP contribution in [-0.2, 0) is 12.0 Å². The standard InChI is InChI=1S/C32H30FIN8/c1-31(2,3)19-39-29-22(15-35)16-38-30-25(29)13-20(14-26(30)34)12-24(21-4-6-23(33)7-5-21)27-18-42(41-40-27)32(8-9-32)28-17-36-10-11-37-28/h4-7,10-11,13-14,16-18,24H,8-9,12,19H2,1-3H3,(H,38,39)/t24-/m0/s1. The summed E-state index contributed by atoms with van der Waals surface area (Å²) in [6, 6.07) is 13.1. The third-order valence-corrected chi connectivity index (χ3v) is 8.51. The van der Waals surface area contributed by atoms with Crippen LogP contribution in [0.1, 0.15) is 67.6 Å². The number of aromatic nitrogens is 6. The van der Waals surface area contributed by atoms with Crippen molar-refractivity contribution in [1.29, 1.82) is 5.26 Å². The van der Waals surface area contributed by atoms with Gasteiger partial charge in [0.1, 0.15) is 17.4 Å². The van der Waals surface area contributed by atoms with E-state index in [1.807, 2.05) is 23.0 Å². The Balaban J connectivity index is 1.41. The molecule has 1 atom stereocenters. The molecule has 3 aromatic heterocycles. The van der Waals surface area contributed by atoms with Gasteiger partial charge in [0.05, 0.1) is 40.5 Å². The van der Waals surface area contributed by atoms with Crippen LogP contribution in [0.25, 0.3) is 10.9 Å². The van der Waals surface area contributed by atoms with Gasteiger partial charge in [-0.15, -0.1) is 5.10 Å². The summed E-state index contributed by atoms with van der Waals surface area (Å²) in [7, 11) is 0. The molecule has 2 aromatic carbocycles. The number of pyridine rings is 1. The van der Waals surface area contributed by atoms with Crippen LogP contribution >= 0.6 is 22.6 Å². The fourth-order valence-electron chi connectivity index (χ4n) is 5.29. The molecule has 0 amide bonds. The Labute approximate surface area is 257 Å². The lowest BCUT2D eigenvalue weighted by atomic mass is 9.89. The SMILES string of the molecule is CC(C)(C)CNc1c(C#N)cnc2c(I)cc(C[C@@H](c3ccc(F)cc3)c3cn(C4(c5cnccn5)CC4)nn3)cc12. The summed E-state index contributed by atoms with van der Waals surface area (Å²) in [5.74, 6) is -0.464. The monoisotopic (exact) mass is 672 g/mol. The van der Waals surface area contributed by atoms with Gasteiger partial charge in [-0.25, -0.2) is 9.07 Å². The maximum atomic E-state index is 13.9. The summed E-state index contributed by atoms with van der Waals surface area (Å²) in [5, 5.41) is 23.5. The molecule has 1 fully saturated rings. The summed E-state index contributed by atoms with van der Waals surface area (Å²) in [5.41, 5.74) is 5.51. The van der Waals surface area contributed by atoms with Crippen molar-refractivity contribution < 1.29 is 4.39 Å². The van der Waals surface area contributed by atoms with Gasteiger partial charge in [-0.2, -0.15) is 5.26 Å². The highest BCUT2D eigenvalue weighted by Crippen LogP contribution is 2.48. The molecular formula is C32H30FIN8. The molecule has 0 radical (unpaired) electrons. The number of halogens is 2. The average Bonchev–Trinajstić information content (AvgIpc) is 3.64. The zero-order chi connectivity index (χ0) is 29.5. The molecule has 0 aliphatic heterocycles. The van der Waals surface area contributed by atoms with E-state index in [0.717, 1.165) is 55.5 Å². The third-order valence-electron chi connectivity index (χ3n) is 7.68. The lowest BCUT2D eigenvalue weighted by Gasteiger charge is -2.22. The van der Waals surface area contributed by atoms with E-state index in [-0.39, 0.29) is 22.7 Å². The van der Waals surface area contributed by atoms with E-state index in [4.69, 9.17) is 0 Å². The normalized spacial score (nSPS) is 14.9. The Morgan fingerprint density at radius 2 is 1.90 bits per heavy atom. The van der Waals surface area contributed by atoms with E-state index in [2.05, 4.69) is 92.1 Å². The Bertz CT molecular complexity index is 1780. The lowest BCUT2D eigenvalue weighted by molar-refractivity contribution is 0.443. The van der Waals surface area contributed by atoms with Crippen molar-refractivity contribution in [2.75, 3.05) is 11.9 Å². The van der Waals surface area contributed by atoms with Crippen LogP contribution in [0.4, 0.5) is 10.1 Å². The highest BCUT2D eigenvalue weighted by Gasteiger charge is 2.49. The first kappa shape index (κ1) is 28.2. The molecule has 3 heterocycles. The minimum absolute atomic E-state index is 0.0246. The largest absolute Gasteiger partial charge is 0.383 e. The summed E-state index contributed by atoms with van der Waals surface area (Å²) in [6.45, 7) is 7.17. The summed E-state index contributed by atoms with van der Waals surface area (Å²) < 4.78 is 16.8. The highest BCUT2D eigenvalue weighted by molar-refractivity contribution is 14.1. The van der Waals surface area contributed by atoms with Gasteiger partial charge in [0.15, 0.2) is 0 Å². The van der Waals surface area contributed by atoms with Crippen LogP contribution in [0.3, 0.4) is 0 Å². The summed E-state index contributed by atoms with van der Waals surface area (Å²) in [4.78, 5) is 13.4. The summed E-state index contributed by atoms with van der Waals surface area (Å²) >= 11 is 2.31. The molecule has 1 saturated carbocycles. The quantitative estimate of drug-likeness (QED) is 0.185. The number of benzene rings is 2. The van der Waals surface area contributed by atoms with Crippen molar-refractivity contribution in [3.63, 3.8) is 0 Å². The van der Waals surface area contributed by atoms with Crippen molar-refractivity contribution in [3.8, 4) is 6.07 Å². The molecule has 0 unspecified atom stereocenters. The molecule has 0 spiro atoms. The number of hydrogen-bond acceptors (Lipinski definition) is 7. The third kappa shape index (κ3) is 5.57. The van der Waals surface area contributed by atoms with Crippen molar-refractivity contribution in [3.05, 3.63) is 105 Å². The van der Waals surface area contributed by atoms with Gasteiger partial charge in [0.2, 0.25) is 0 Å². The fraction of sp³-hybridized carbons (Fsp3) is 0.312. The van der Waals surface area contributed by atoms with E-state index in [1.54, 1.807) is 24.8 Å². The van der Waals surface area contributed by atoms with Crippen LogP contribution in [0.5, 0.6) is 0 Å². The number of anilines is 1. The van der Waals surface area contributed by atoms with Gasteiger partial charge >= 0.3 is 0 Å². The van der Waals surface area contributed by atoms with E-state index >= 15 is 0 Å². The number of fused-ring (bicyclic) bond motifs is 1. The predicted molar refractivity (Wildman–Crippen MR) is 167 cm³/mol. The van der Waals surface area contributed by atoms with Gasteiger partial charge in [0, 0.05) is 40.0 Å². The van der Waals surface area contributed by atoms with E-state index < -0.39 is 0 Å². The lowest BCUT2D eigenvalue weighted by Crippen LogP contribution is -2.21. The minimum atomic E-state index is -0.335. The van der Waals surface area contributed by atoms with Crippen LogP contribution in [0, 0.1) is 26.1 Å². The molecule has 0 saturated heterocycles. The Morgan fingerprint density at radius 1 is 1.12 bits per heavy atom. The molecule has 10 heteroatoms. The van der Waals surface area contributed by atoms with Crippen LogP contribution in [0.15, 0.2) is 67.4 Å². The molecule has 5 aromatic rings. The van der Waals surface area contributed by atoms with Crippen molar-refractivity contribution >= 4 is 39.2 Å². The number of nitrogens with one attached hydrogen (secondary N) is 1. The number of nitriles is 1. The van der Waals surface area contributed by atoms with Gasteiger partial charge in [-0.05, 0) is 82.7 Å². The second-order valence-corrected chi connectivity index (χ2v) is 13.2. The second kappa shape index (κ2) is 11.0. The van der Waals surface area contributed by atoms with E-state index in [9.17, 15) is 9.65 Å². The second-order valence-electron chi connectivity index (χ2n) is 12.1. The van der Waals surface area contributed by atoms with Crippen molar-refractivity contribution in [1.82, 2.24) is 29.9 Å². The first-order valence-corrected chi connectivity index (χ1v) is 14.9. The molecule has 6 rings (SSSR count). The predicted octanol–water partition coefficient (Wildman–Crippen LogP) is 6.60. The van der Waals surface area contributed by atoms with Crippen LogP contribution < -0.4 is 5.32 Å². The maximum Gasteiger partial charge on any atom is 0.123 e. The van der Waals surface area contributed by atoms with Crippen LogP contribution in [0.2, 0.25) is 0 Å². The number of hydrogen-bond donors (Lipinski definition) is 1. The van der Waals surface area contributed by atoms with E-state index in [0.29, 0.717) is 18.5 Å². The average molecular weight is 673 g/mol. The van der Waals surface area contributed by atoms with Crippen LogP contribution in [-0.4, -0.2) is 36.5 Å². The molecule has 1 aliphatic rings. The topological polar surface area (TPSA) is 105 Å². The molecule has 8 nitrogen and oxygen atoms in total. The molecule has 212 valence electrons. The number of rotatable bonds is 8. The van der Waals surface area contributed by atoms with Gasteiger partial charge in [-0.3, -0.25) is 15.0 Å². The smallest absolute Gasteiger partial charge is 0.123 e. The zero-order valence-electron chi connectivity index (χ0n) is 23.6. The molecule has 42 heavy (non-hydrogen) atoms. The van der Waals surface area contributed by atoms with Gasteiger partial charge in [0.25, 0.3) is 0 Å². The van der Waals surface area contributed by atoms with E-state index in [1.165, 1.54) is 12.1 Å². The number of nitrogens with zero attached hydrogens (tertiary/aromatic N) is 7. The maximum absolute atomic E-state index is 13.9. The minimum Gasteiger partial charge on any atom is -0.383 e. The molecular weight excluding hydrogens is 642 g/mol. The molecule has 0 bridgehead atoms. The van der Waals surface area contributed by atoms with Crippen molar-refractivity contribution in [2.45, 2.75) is 51.5 Å². The molecule has 1 N–H and O–H groups in total. The zero-order valence-corrected chi connectivity index (χ0v) is 25.8. The Morgan fingerprint density at radius 3 is 2.57 bits per heavy atom. The fourth-order valence-corrected chi connectivity index (χ4v) is 6.12.